The van der Waals surface area contributed by atoms with Gasteiger partial charge in [-0.1, -0.05) is 37.6 Å². The lowest BCUT2D eigenvalue weighted by atomic mass is 9.64. The monoisotopic (exact) mass is 614 g/mol. The van der Waals surface area contributed by atoms with Crippen molar-refractivity contribution >= 4 is 23.7 Å². The molecule has 3 aliphatic rings. The molecule has 1 spiro atoms. The number of ether oxygens (including phenoxy) is 5. The molecular formula is C34H50N2O8. The first-order chi connectivity index (χ1) is 21.0. The number of alkyl carbamates (subject to hydrolysis) is 1. The highest BCUT2D eigenvalue weighted by Gasteiger charge is 2.70. The summed E-state index contributed by atoms with van der Waals surface area (Å²) >= 11 is 0. The van der Waals surface area contributed by atoms with Crippen molar-refractivity contribution in [3.05, 3.63) is 41.5 Å². The summed E-state index contributed by atoms with van der Waals surface area (Å²) < 4.78 is 28.6. The maximum atomic E-state index is 12.8. The zero-order valence-electron chi connectivity index (χ0n) is 27.1. The van der Waals surface area contributed by atoms with E-state index in [2.05, 4.69) is 44.4 Å². The summed E-state index contributed by atoms with van der Waals surface area (Å²) in [5.74, 6) is -0.237. The van der Waals surface area contributed by atoms with Crippen LogP contribution in [-0.4, -0.2) is 67.8 Å². The van der Waals surface area contributed by atoms with Gasteiger partial charge in [0.2, 0.25) is 5.91 Å². The van der Waals surface area contributed by atoms with Crippen molar-refractivity contribution in [2.24, 2.45) is 11.8 Å². The molecule has 1 saturated carbocycles. The maximum absolute atomic E-state index is 12.8. The Morgan fingerprint density at radius 2 is 1.89 bits per heavy atom. The second-order valence-electron chi connectivity index (χ2n) is 12.9. The number of benzene rings is 1. The van der Waals surface area contributed by atoms with Crippen LogP contribution in [0.2, 0.25) is 0 Å². The number of esters is 1. The van der Waals surface area contributed by atoms with Crippen LogP contribution in [0.5, 0.6) is 0 Å². The second kappa shape index (κ2) is 14.9. The van der Waals surface area contributed by atoms with Gasteiger partial charge in [-0.15, -0.1) is 0 Å². The molecule has 0 bridgehead atoms. The fourth-order valence-electron chi connectivity index (χ4n) is 6.58. The smallest absolute Gasteiger partial charge is 0.407 e. The number of epoxide rings is 2. The highest BCUT2D eigenvalue weighted by Crippen LogP contribution is 2.60. The highest BCUT2D eigenvalue weighted by atomic mass is 16.6. The minimum atomic E-state index is -0.445. The highest BCUT2D eigenvalue weighted by molar-refractivity contribution is 5.90. The molecule has 7 atom stereocenters. The van der Waals surface area contributed by atoms with E-state index in [0.29, 0.717) is 18.7 Å². The molecule has 4 rings (SSSR count). The van der Waals surface area contributed by atoms with Crippen LogP contribution in [-0.2, 0) is 39.8 Å². The number of amides is 2. The van der Waals surface area contributed by atoms with Crippen molar-refractivity contribution in [3.63, 3.8) is 0 Å². The quantitative estimate of drug-likeness (QED) is 0.147. The van der Waals surface area contributed by atoms with Gasteiger partial charge in [0.05, 0.1) is 30.0 Å². The van der Waals surface area contributed by atoms with Crippen LogP contribution < -0.4 is 10.6 Å². The van der Waals surface area contributed by atoms with Crippen LogP contribution >= 0.6 is 0 Å². The Bertz CT molecular complexity index is 1170. The number of rotatable bonds is 15. The van der Waals surface area contributed by atoms with E-state index in [9.17, 15) is 14.4 Å². The van der Waals surface area contributed by atoms with Gasteiger partial charge in [-0.25, -0.2) is 4.79 Å². The average molecular weight is 615 g/mol. The van der Waals surface area contributed by atoms with E-state index in [1.54, 1.807) is 19.2 Å². The number of hydrogen-bond acceptors (Lipinski definition) is 8. The fourth-order valence-corrected chi connectivity index (χ4v) is 6.58. The summed E-state index contributed by atoms with van der Waals surface area (Å²) in [4.78, 5) is 37.0. The minimum absolute atomic E-state index is 0.108. The topological polar surface area (TPSA) is 128 Å². The zero-order chi connectivity index (χ0) is 31.9. The predicted octanol–water partition coefficient (Wildman–Crippen LogP) is 5.69. The molecule has 3 unspecified atom stereocenters. The summed E-state index contributed by atoms with van der Waals surface area (Å²) in [5, 5.41) is 5.70. The first kappa shape index (κ1) is 33.9. The Morgan fingerprint density at radius 3 is 2.52 bits per heavy atom. The number of carbonyl (C=O) groups excluding carboxylic acids is 3. The van der Waals surface area contributed by atoms with E-state index < -0.39 is 6.09 Å². The van der Waals surface area contributed by atoms with E-state index in [-0.39, 0.29) is 72.7 Å². The standard InChI is InChI=1S/C34H50N2O8/c1-7-26(40-6)20-41-30(38)10-8-9-29(37)36-25-14-12-24(13-15-25)19-35-32(39)43-27-17-18-34(21-42-34)31(23(27)4)33(5)28(44-33)16-11-22(2)3/h11-15,23,26-28,31H,7-10,16-21H2,1-6H3,(H,35,39)(H,36,37)/t23-,26?,27-,28?,31-,33?,34+/m1/s1. The Morgan fingerprint density at radius 1 is 1.16 bits per heavy atom. The first-order valence-electron chi connectivity index (χ1n) is 16.0. The van der Waals surface area contributed by atoms with E-state index in [1.807, 2.05) is 19.1 Å². The summed E-state index contributed by atoms with van der Waals surface area (Å²) in [5.41, 5.74) is 2.38. The molecule has 2 saturated heterocycles. The van der Waals surface area contributed by atoms with Crippen molar-refractivity contribution in [2.75, 3.05) is 25.6 Å². The number of hydrogen-bond donors (Lipinski definition) is 2. The molecule has 2 amide bonds. The first-order valence-corrected chi connectivity index (χ1v) is 16.0. The minimum Gasteiger partial charge on any atom is -0.463 e. The lowest BCUT2D eigenvalue weighted by molar-refractivity contribution is -0.147. The Hall–Kier alpha value is -2.95. The molecule has 1 aromatic rings. The van der Waals surface area contributed by atoms with Gasteiger partial charge in [0.25, 0.3) is 0 Å². The van der Waals surface area contributed by atoms with Crippen molar-refractivity contribution in [1.29, 1.82) is 0 Å². The van der Waals surface area contributed by atoms with Gasteiger partial charge in [-0.2, -0.15) is 0 Å². The van der Waals surface area contributed by atoms with Crippen LogP contribution in [0.1, 0.15) is 85.1 Å². The number of anilines is 1. The van der Waals surface area contributed by atoms with E-state index in [4.69, 9.17) is 23.7 Å². The number of methoxy groups -OCH3 is 1. The van der Waals surface area contributed by atoms with Gasteiger partial charge >= 0.3 is 12.1 Å². The van der Waals surface area contributed by atoms with Gasteiger partial charge < -0.3 is 34.3 Å². The van der Waals surface area contributed by atoms with Gasteiger partial charge in [0, 0.05) is 44.0 Å². The van der Waals surface area contributed by atoms with E-state index in [0.717, 1.165) is 37.9 Å². The Balaban J connectivity index is 1.17. The summed E-state index contributed by atoms with van der Waals surface area (Å²) in [7, 11) is 1.59. The lowest BCUT2D eigenvalue weighted by Crippen LogP contribution is -2.51. The van der Waals surface area contributed by atoms with Gasteiger partial charge in [0.1, 0.15) is 12.7 Å². The third kappa shape index (κ3) is 8.82. The molecule has 0 aromatic heterocycles. The Kier molecular flexibility index (Phi) is 11.5. The van der Waals surface area contributed by atoms with E-state index >= 15 is 0 Å². The molecular weight excluding hydrogens is 564 g/mol. The molecule has 2 heterocycles. The lowest BCUT2D eigenvalue weighted by Gasteiger charge is -2.42. The summed E-state index contributed by atoms with van der Waals surface area (Å²) in [6.45, 7) is 11.8. The SMILES string of the molecule is CCC(COC(=O)CCCC(=O)Nc1ccc(CNC(=O)O[C@@H]2CC[C@]3(CO3)[C@@H](C3(C)OC3CC=C(C)C)[C@@H]2C)cc1)OC. The molecule has 10 heteroatoms. The number of carbonyl (C=O) groups is 3. The molecule has 2 aliphatic heterocycles. The number of nitrogens with one attached hydrogen (secondary N) is 2. The maximum Gasteiger partial charge on any atom is 0.407 e. The largest absolute Gasteiger partial charge is 0.463 e. The van der Waals surface area contributed by atoms with Crippen molar-refractivity contribution in [1.82, 2.24) is 5.32 Å². The van der Waals surface area contributed by atoms with Crippen LogP contribution in [0, 0.1) is 11.8 Å². The van der Waals surface area contributed by atoms with Crippen molar-refractivity contribution in [3.8, 4) is 0 Å². The average Bonchev–Trinajstić information content (AvgIpc) is 3.90. The number of allylic oxidation sites excluding steroid dienone is 1. The van der Waals surface area contributed by atoms with E-state index in [1.165, 1.54) is 5.57 Å². The second-order valence-corrected chi connectivity index (χ2v) is 12.9. The van der Waals surface area contributed by atoms with Gasteiger partial charge in [-0.05, 0) is 70.6 Å². The van der Waals surface area contributed by atoms with Gasteiger partial charge in [-0.3, -0.25) is 9.59 Å². The molecule has 244 valence electrons. The van der Waals surface area contributed by atoms with Crippen LogP contribution in [0.3, 0.4) is 0 Å². The zero-order valence-corrected chi connectivity index (χ0v) is 27.1. The van der Waals surface area contributed by atoms with Gasteiger partial charge in [0.15, 0.2) is 0 Å². The molecule has 44 heavy (non-hydrogen) atoms. The Labute approximate surface area is 261 Å². The third-order valence-electron chi connectivity index (χ3n) is 9.32. The van der Waals surface area contributed by atoms with Crippen LogP contribution in [0.25, 0.3) is 0 Å². The third-order valence-corrected chi connectivity index (χ3v) is 9.32. The van der Waals surface area contributed by atoms with Crippen LogP contribution in [0.15, 0.2) is 35.9 Å². The molecule has 1 aromatic carbocycles. The summed E-state index contributed by atoms with van der Waals surface area (Å²) in [6.07, 6.45) is 5.67. The van der Waals surface area contributed by atoms with Crippen LogP contribution in [0.4, 0.5) is 10.5 Å². The summed E-state index contributed by atoms with van der Waals surface area (Å²) in [6, 6.07) is 7.26. The fraction of sp³-hybridized carbons (Fsp3) is 0.676. The molecule has 3 fully saturated rings. The molecule has 1 aliphatic carbocycles. The molecule has 0 radical (unpaired) electrons. The van der Waals surface area contributed by atoms with Crippen molar-refractivity contribution < 1.29 is 38.1 Å². The predicted molar refractivity (Wildman–Crippen MR) is 166 cm³/mol. The molecule has 2 N–H and O–H groups in total. The van der Waals surface area contributed by atoms with Crippen molar-refractivity contribution in [2.45, 2.75) is 116 Å². The normalized spacial score (nSPS) is 29.3. The molecule has 10 nitrogen and oxygen atoms in total.